The van der Waals surface area contributed by atoms with Crippen LogP contribution >= 0.6 is 0 Å². The third kappa shape index (κ3) is 4.27. The summed E-state index contributed by atoms with van der Waals surface area (Å²) in [6.07, 6.45) is 1.51. The number of phenolic OH excluding ortho intramolecular Hbond substituents is 1. The van der Waals surface area contributed by atoms with Gasteiger partial charge in [-0.3, -0.25) is 4.79 Å². The summed E-state index contributed by atoms with van der Waals surface area (Å²) in [5, 5.41) is 25.8. The molecule has 3 aromatic carbocycles. The van der Waals surface area contributed by atoms with Gasteiger partial charge in [-0.25, -0.2) is 13.9 Å². The largest absolute Gasteiger partial charge is 0.508 e. The maximum atomic E-state index is 13.5. The van der Waals surface area contributed by atoms with Gasteiger partial charge in [0, 0.05) is 17.4 Å². The monoisotopic (exact) mass is 417 g/mol. The number of carbonyl (C=O) groups is 2. The number of amides is 1. The van der Waals surface area contributed by atoms with E-state index in [1.807, 2.05) is 0 Å². The van der Waals surface area contributed by atoms with Gasteiger partial charge in [-0.1, -0.05) is 6.07 Å². The van der Waals surface area contributed by atoms with Gasteiger partial charge < -0.3 is 15.5 Å². The summed E-state index contributed by atoms with van der Waals surface area (Å²) in [5.41, 5.74) is 2.12. The van der Waals surface area contributed by atoms with Crippen LogP contribution < -0.4 is 5.32 Å². The van der Waals surface area contributed by atoms with Crippen molar-refractivity contribution in [3.63, 3.8) is 0 Å². The molecule has 7 nitrogen and oxygen atoms in total. The predicted octanol–water partition coefficient (Wildman–Crippen LogP) is 4.33. The van der Waals surface area contributed by atoms with Crippen molar-refractivity contribution in [1.82, 2.24) is 9.78 Å². The Morgan fingerprint density at radius 3 is 2.32 bits per heavy atom. The first-order valence-corrected chi connectivity index (χ1v) is 9.20. The van der Waals surface area contributed by atoms with E-state index in [0.29, 0.717) is 22.6 Å². The first-order valence-electron chi connectivity index (χ1n) is 9.20. The van der Waals surface area contributed by atoms with Crippen LogP contribution in [0.5, 0.6) is 5.75 Å². The fourth-order valence-corrected chi connectivity index (χ4v) is 3.03. The highest BCUT2D eigenvalue weighted by molar-refractivity contribution is 6.08. The number of benzene rings is 3. The number of aromatic carboxylic acids is 1. The molecule has 0 saturated carbocycles. The van der Waals surface area contributed by atoms with E-state index in [-0.39, 0.29) is 16.9 Å². The van der Waals surface area contributed by atoms with E-state index >= 15 is 0 Å². The van der Waals surface area contributed by atoms with Crippen molar-refractivity contribution in [2.75, 3.05) is 5.32 Å². The number of hydrogen-bond donors (Lipinski definition) is 3. The van der Waals surface area contributed by atoms with Crippen molar-refractivity contribution in [2.24, 2.45) is 0 Å². The van der Waals surface area contributed by atoms with Gasteiger partial charge in [-0.05, 0) is 66.7 Å². The molecule has 0 bridgehead atoms. The number of carbonyl (C=O) groups excluding carboxylic acids is 1. The van der Waals surface area contributed by atoms with Crippen molar-refractivity contribution in [2.45, 2.75) is 0 Å². The van der Waals surface area contributed by atoms with E-state index in [9.17, 15) is 19.1 Å². The maximum absolute atomic E-state index is 13.5. The highest BCUT2D eigenvalue weighted by Gasteiger charge is 2.19. The molecule has 1 heterocycles. The number of aromatic hydroxyl groups is 1. The molecular formula is C23H16FN3O4. The lowest BCUT2D eigenvalue weighted by molar-refractivity contribution is 0.0696. The van der Waals surface area contributed by atoms with Crippen LogP contribution in [0.3, 0.4) is 0 Å². The van der Waals surface area contributed by atoms with Crippen LogP contribution in [0.1, 0.15) is 20.7 Å². The Hall–Kier alpha value is -4.46. The topological polar surface area (TPSA) is 104 Å². The van der Waals surface area contributed by atoms with Crippen LogP contribution in [0, 0.1) is 5.82 Å². The second kappa shape index (κ2) is 8.11. The zero-order chi connectivity index (χ0) is 22.0. The molecule has 0 radical (unpaired) electrons. The minimum absolute atomic E-state index is 0.0678. The van der Waals surface area contributed by atoms with E-state index in [4.69, 9.17) is 5.11 Å². The predicted molar refractivity (Wildman–Crippen MR) is 112 cm³/mol. The third-order valence-corrected chi connectivity index (χ3v) is 4.56. The van der Waals surface area contributed by atoms with Crippen molar-refractivity contribution in [3.8, 4) is 22.7 Å². The molecule has 1 aromatic heterocycles. The second-order valence-corrected chi connectivity index (χ2v) is 6.70. The van der Waals surface area contributed by atoms with Crippen molar-refractivity contribution in [3.05, 3.63) is 95.9 Å². The molecule has 0 spiro atoms. The number of anilines is 1. The molecular weight excluding hydrogens is 401 g/mol. The fraction of sp³-hybridized carbons (Fsp3) is 0. The van der Waals surface area contributed by atoms with Crippen LogP contribution in [-0.4, -0.2) is 31.9 Å². The molecule has 0 aliphatic heterocycles. The van der Waals surface area contributed by atoms with Gasteiger partial charge in [-0.15, -0.1) is 0 Å². The highest BCUT2D eigenvalue weighted by atomic mass is 19.1. The molecule has 1 amide bonds. The first kappa shape index (κ1) is 19.8. The van der Waals surface area contributed by atoms with Gasteiger partial charge in [0.15, 0.2) is 0 Å². The normalized spacial score (nSPS) is 10.6. The third-order valence-electron chi connectivity index (χ3n) is 4.56. The molecule has 4 rings (SSSR count). The Kier molecular flexibility index (Phi) is 5.19. The standard InChI is InChI=1S/C23H16FN3O4/c24-16-2-1-3-17(12-16)25-22(29)20-13-27(18-8-4-15(5-9-18)23(30)31)26-21(20)14-6-10-19(28)11-7-14/h1-13,28H,(H,25,29)(H,30,31). The number of nitrogens with zero attached hydrogens (tertiary/aromatic N) is 2. The van der Waals surface area contributed by atoms with Crippen molar-refractivity contribution < 1.29 is 24.2 Å². The van der Waals surface area contributed by atoms with Gasteiger partial charge in [0.2, 0.25) is 0 Å². The molecule has 0 fully saturated rings. The summed E-state index contributed by atoms with van der Waals surface area (Å²) in [7, 11) is 0. The van der Waals surface area contributed by atoms with Gasteiger partial charge in [0.1, 0.15) is 17.3 Å². The van der Waals surface area contributed by atoms with Gasteiger partial charge >= 0.3 is 5.97 Å². The van der Waals surface area contributed by atoms with Gasteiger partial charge in [0.25, 0.3) is 5.91 Å². The smallest absolute Gasteiger partial charge is 0.335 e. The molecule has 0 atom stereocenters. The Balaban J connectivity index is 1.75. The van der Waals surface area contributed by atoms with E-state index in [0.717, 1.165) is 0 Å². The van der Waals surface area contributed by atoms with Crippen LogP contribution in [0.2, 0.25) is 0 Å². The number of carboxylic acid groups (broad SMARTS) is 1. The Morgan fingerprint density at radius 2 is 1.68 bits per heavy atom. The molecule has 0 aliphatic carbocycles. The summed E-state index contributed by atoms with van der Waals surface area (Å²) in [5.74, 6) is -1.96. The zero-order valence-corrected chi connectivity index (χ0v) is 16.0. The van der Waals surface area contributed by atoms with Crippen LogP contribution in [-0.2, 0) is 0 Å². The quantitative estimate of drug-likeness (QED) is 0.448. The fourth-order valence-electron chi connectivity index (χ4n) is 3.03. The molecule has 154 valence electrons. The summed E-state index contributed by atoms with van der Waals surface area (Å²) in [6, 6.07) is 17.7. The molecule has 3 N–H and O–H groups in total. The number of aromatic nitrogens is 2. The lowest BCUT2D eigenvalue weighted by atomic mass is 10.1. The summed E-state index contributed by atoms with van der Waals surface area (Å²) >= 11 is 0. The minimum Gasteiger partial charge on any atom is -0.508 e. The number of phenols is 1. The van der Waals surface area contributed by atoms with Gasteiger partial charge in [0.05, 0.1) is 16.8 Å². The Labute approximate surface area is 176 Å². The van der Waals surface area contributed by atoms with E-state index in [1.54, 1.807) is 30.3 Å². The molecule has 0 unspecified atom stereocenters. The molecule has 0 saturated heterocycles. The number of hydrogen-bond acceptors (Lipinski definition) is 4. The minimum atomic E-state index is -1.05. The number of halogens is 1. The Morgan fingerprint density at radius 1 is 0.968 bits per heavy atom. The van der Waals surface area contributed by atoms with Crippen molar-refractivity contribution >= 4 is 17.6 Å². The summed E-state index contributed by atoms with van der Waals surface area (Å²) < 4.78 is 14.9. The number of rotatable bonds is 5. The number of carboxylic acids is 1. The lowest BCUT2D eigenvalue weighted by Crippen LogP contribution is -2.12. The summed E-state index contributed by atoms with van der Waals surface area (Å²) in [6.45, 7) is 0. The summed E-state index contributed by atoms with van der Waals surface area (Å²) in [4.78, 5) is 24.0. The van der Waals surface area contributed by atoms with E-state index in [2.05, 4.69) is 10.4 Å². The van der Waals surface area contributed by atoms with E-state index < -0.39 is 17.7 Å². The van der Waals surface area contributed by atoms with Crippen LogP contribution in [0.25, 0.3) is 16.9 Å². The van der Waals surface area contributed by atoms with Crippen molar-refractivity contribution in [1.29, 1.82) is 0 Å². The molecule has 31 heavy (non-hydrogen) atoms. The first-order chi connectivity index (χ1) is 14.9. The average Bonchev–Trinajstić information content (AvgIpc) is 3.20. The molecule has 8 heteroatoms. The van der Waals surface area contributed by atoms with E-state index in [1.165, 1.54) is 53.3 Å². The molecule has 0 aliphatic rings. The second-order valence-electron chi connectivity index (χ2n) is 6.70. The number of nitrogens with one attached hydrogen (secondary N) is 1. The maximum Gasteiger partial charge on any atom is 0.335 e. The lowest BCUT2D eigenvalue weighted by Gasteiger charge is -2.05. The SMILES string of the molecule is O=C(O)c1ccc(-n2cc(C(=O)Nc3cccc(F)c3)c(-c3ccc(O)cc3)n2)cc1. The average molecular weight is 417 g/mol. The van der Waals surface area contributed by atoms with Crippen LogP contribution in [0.4, 0.5) is 10.1 Å². The molecule has 4 aromatic rings. The van der Waals surface area contributed by atoms with Gasteiger partial charge in [-0.2, -0.15) is 5.10 Å². The Bertz CT molecular complexity index is 1260. The highest BCUT2D eigenvalue weighted by Crippen LogP contribution is 2.26. The zero-order valence-electron chi connectivity index (χ0n) is 16.0. The van der Waals surface area contributed by atoms with Crippen LogP contribution in [0.15, 0.2) is 79.0 Å².